The number of amides is 3. The first-order valence-corrected chi connectivity index (χ1v) is 9.63. The highest BCUT2D eigenvalue weighted by Gasteiger charge is 2.14. The average molecular weight is 407 g/mol. The summed E-state index contributed by atoms with van der Waals surface area (Å²) in [5, 5.41) is 4.51. The Morgan fingerprint density at radius 3 is 2.21 bits per heavy atom. The molecule has 2 aromatic rings. The van der Waals surface area contributed by atoms with Crippen molar-refractivity contribution in [2.45, 2.75) is 18.7 Å². The van der Waals surface area contributed by atoms with E-state index in [1.54, 1.807) is 28.6 Å². The zero-order valence-corrected chi connectivity index (χ0v) is 16.6. The van der Waals surface area contributed by atoms with Crippen molar-refractivity contribution in [3.63, 3.8) is 0 Å². The normalized spacial score (nSPS) is 11.2. The maximum Gasteiger partial charge on any atom is 0.321 e. The van der Waals surface area contributed by atoms with Crippen molar-refractivity contribution in [2.24, 2.45) is 0 Å². The molecular weight excluding hydrogens is 382 g/mol. The van der Waals surface area contributed by atoms with Gasteiger partial charge >= 0.3 is 6.03 Å². The lowest BCUT2D eigenvalue weighted by atomic mass is 10.2. The number of likely N-dealkylation sites (N-methyl/N-ethyl adjacent to an activating group) is 1. The second-order valence-electron chi connectivity index (χ2n) is 5.68. The molecule has 9 heteroatoms. The molecule has 0 aliphatic heterocycles. The number of ether oxygens (including phenoxy) is 1. The van der Waals surface area contributed by atoms with Crippen LogP contribution in [0.2, 0.25) is 0 Å². The summed E-state index contributed by atoms with van der Waals surface area (Å²) < 4.78 is 20.2. The molecule has 1 atom stereocenters. The zero-order chi connectivity index (χ0) is 19.6. The highest BCUT2D eigenvalue weighted by atomic mass is 32.2. The van der Waals surface area contributed by atoms with Crippen LogP contribution in [-0.2, 0) is 15.8 Å². The Balaban J connectivity index is 0.00000392. The minimum absolute atomic E-state index is 0. The lowest BCUT2D eigenvalue weighted by Gasteiger charge is -2.19. The van der Waals surface area contributed by atoms with E-state index in [2.05, 4.69) is 5.32 Å². The number of nitrogens with one attached hydrogen (secondary N) is 2. The summed E-state index contributed by atoms with van der Waals surface area (Å²) in [7, 11) is -1.36. The van der Waals surface area contributed by atoms with Crippen LogP contribution < -0.4 is 15.4 Å². The molecule has 28 heavy (non-hydrogen) atoms. The van der Waals surface area contributed by atoms with Gasteiger partial charge in [-0.3, -0.25) is 10.1 Å². The fourth-order valence-corrected chi connectivity index (χ4v) is 3.43. The Morgan fingerprint density at radius 2 is 1.68 bits per heavy atom. The molecule has 1 unspecified atom stereocenters. The van der Waals surface area contributed by atoms with Gasteiger partial charge in [0.25, 0.3) is 0 Å². The molecule has 0 fully saturated rings. The Bertz CT molecular complexity index is 781. The van der Waals surface area contributed by atoms with E-state index in [4.69, 9.17) is 4.74 Å². The molecule has 0 aromatic heterocycles. The third-order valence-electron chi connectivity index (χ3n) is 3.71. The smallest absolute Gasteiger partial charge is 0.321 e. The molecule has 2 rings (SSSR count). The molecule has 0 spiro atoms. The molecule has 8 nitrogen and oxygen atoms in total. The molecule has 0 saturated carbocycles. The van der Waals surface area contributed by atoms with Crippen LogP contribution in [0.25, 0.3) is 0 Å². The summed E-state index contributed by atoms with van der Waals surface area (Å²) in [4.78, 5) is 22.0. The number of carbonyl (C=O) groups is 2. The van der Waals surface area contributed by atoms with Crippen molar-refractivity contribution < 1.29 is 24.0 Å². The first-order valence-electron chi connectivity index (χ1n) is 8.53. The highest BCUT2D eigenvalue weighted by Crippen LogP contribution is 2.23. The molecule has 0 aliphatic carbocycles. The summed E-state index contributed by atoms with van der Waals surface area (Å²) in [5.41, 5.74) is 1.16. The van der Waals surface area contributed by atoms with Crippen LogP contribution in [0.1, 0.15) is 12.5 Å². The number of hydrogen-bond acceptors (Lipinski definition) is 4. The van der Waals surface area contributed by atoms with Gasteiger partial charge < -0.3 is 15.5 Å². The number of benzene rings is 2. The van der Waals surface area contributed by atoms with Crippen molar-refractivity contribution in [3.05, 3.63) is 54.1 Å². The van der Waals surface area contributed by atoms with E-state index in [1.165, 1.54) is 0 Å². The van der Waals surface area contributed by atoms with Crippen LogP contribution in [0.15, 0.2) is 53.4 Å². The van der Waals surface area contributed by atoms with Gasteiger partial charge in [0.15, 0.2) is 0 Å². The SMILES string of the molecule is CCN(CCNC(=O)NC=O)S(=O)c1ccc(Oc2ccc(C)cc2)cc1.O. The topological polar surface area (TPSA) is 119 Å². The molecule has 4 N–H and O–H groups in total. The number of nitrogens with zero attached hydrogens (tertiary/aromatic N) is 1. The Hall–Kier alpha value is -2.75. The standard InChI is InChI=1S/C19H23N3O4S.H2O/c1-3-22(13-12-20-19(24)21-14-23)27(25)18-10-8-17(9-11-18)26-16-6-4-15(2)5-7-16;/h4-11,14H,3,12-13H2,1-2H3,(H2,20,21,23,24);1H2. The molecule has 0 saturated heterocycles. The van der Waals surface area contributed by atoms with Gasteiger partial charge in [0.05, 0.1) is 4.90 Å². The third-order valence-corrected chi connectivity index (χ3v) is 5.29. The van der Waals surface area contributed by atoms with Crippen LogP contribution >= 0.6 is 0 Å². The summed E-state index contributed by atoms with van der Waals surface area (Å²) in [6, 6.07) is 14.2. The van der Waals surface area contributed by atoms with E-state index in [0.717, 1.165) is 11.3 Å². The molecule has 0 bridgehead atoms. The summed E-state index contributed by atoms with van der Waals surface area (Å²) >= 11 is 0. The van der Waals surface area contributed by atoms with Crippen LogP contribution in [0.4, 0.5) is 4.79 Å². The van der Waals surface area contributed by atoms with Gasteiger partial charge in [0.1, 0.15) is 22.5 Å². The second kappa shape index (κ2) is 11.9. The van der Waals surface area contributed by atoms with Crippen LogP contribution in [0.3, 0.4) is 0 Å². The van der Waals surface area contributed by atoms with E-state index in [0.29, 0.717) is 30.1 Å². The fourth-order valence-electron chi connectivity index (χ4n) is 2.27. The van der Waals surface area contributed by atoms with Crippen molar-refractivity contribution in [1.82, 2.24) is 14.9 Å². The first kappa shape index (κ1) is 23.3. The number of hydrogen-bond donors (Lipinski definition) is 2. The lowest BCUT2D eigenvalue weighted by Crippen LogP contribution is -2.40. The van der Waals surface area contributed by atoms with Gasteiger partial charge in [-0.1, -0.05) is 24.6 Å². The molecule has 152 valence electrons. The van der Waals surface area contributed by atoms with Crippen LogP contribution in [0, 0.1) is 6.92 Å². The number of aryl methyl sites for hydroxylation is 1. The number of urea groups is 1. The first-order chi connectivity index (χ1) is 13.0. The Morgan fingerprint density at radius 1 is 1.11 bits per heavy atom. The van der Waals surface area contributed by atoms with Gasteiger partial charge in [0.2, 0.25) is 6.41 Å². The monoisotopic (exact) mass is 407 g/mol. The number of imide groups is 1. The largest absolute Gasteiger partial charge is 0.457 e. The van der Waals surface area contributed by atoms with Crippen molar-refractivity contribution in [2.75, 3.05) is 19.6 Å². The fraction of sp³-hybridized carbons (Fsp3) is 0.263. The number of rotatable bonds is 9. The highest BCUT2D eigenvalue weighted by molar-refractivity contribution is 7.82. The van der Waals surface area contributed by atoms with Gasteiger partial charge in [-0.2, -0.15) is 0 Å². The maximum absolute atomic E-state index is 12.7. The molecular formula is C19H25N3O5S. The zero-order valence-electron chi connectivity index (χ0n) is 15.8. The van der Waals surface area contributed by atoms with Crippen molar-refractivity contribution >= 4 is 23.4 Å². The number of carbonyl (C=O) groups excluding carboxylic acids is 2. The predicted molar refractivity (Wildman–Crippen MR) is 108 cm³/mol. The van der Waals surface area contributed by atoms with Crippen molar-refractivity contribution in [3.8, 4) is 11.5 Å². The van der Waals surface area contributed by atoms with Gasteiger partial charge in [0, 0.05) is 19.6 Å². The van der Waals surface area contributed by atoms with E-state index in [-0.39, 0.29) is 12.0 Å². The van der Waals surface area contributed by atoms with E-state index in [9.17, 15) is 13.8 Å². The predicted octanol–water partition coefficient (Wildman–Crippen LogP) is 1.76. The van der Waals surface area contributed by atoms with E-state index >= 15 is 0 Å². The Labute approximate surface area is 166 Å². The van der Waals surface area contributed by atoms with Gasteiger partial charge in [-0.05, 0) is 43.3 Å². The van der Waals surface area contributed by atoms with Gasteiger partial charge in [-0.15, -0.1) is 0 Å². The van der Waals surface area contributed by atoms with E-state index < -0.39 is 17.0 Å². The molecule has 0 aliphatic rings. The molecule has 3 amide bonds. The molecule has 0 heterocycles. The van der Waals surface area contributed by atoms with Crippen molar-refractivity contribution in [1.29, 1.82) is 0 Å². The van der Waals surface area contributed by atoms with Gasteiger partial charge in [-0.25, -0.2) is 13.3 Å². The van der Waals surface area contributed by atoms with E-state index in [1.807, 2.05) is 43.4 Å². The lowest BCUT2D eigenvalue weighted by molar-refractivity contribution is -0.108. The minimum Gasteiger partial charge on any atom is -0.457 e. The molecule has 0 radical (unpaired) electrons. The minimum atomic E-state index is -1.36. The maximum atomic E-state index is 12.7. The quantitative estimate of drug-likeness (QED) is 0.616. The summed E-state index contributed by atoms with van der Waals surface area (Å²) in [6.07, 6.45) is 0.311. The third kappa shape index (κ3) is 7.10. The molecule has 2 aromatic carbocycles. The second-order valence-corrected chi connectivity index (χ2v) is 7.16. The Kier molecular flexibility index (Phi) is 9.86. The average Bonchev–Trinajstić information content (AvgIpc) is 2.67. The van der Waals surface area contributed by atoms with Crippen LogP contribution in [-0.4, -0.2) is 46.1 Å². The summed E-state index contributed by atoms with van der Waals surface area (Å²) in [6.45, 7) is 5.10. The van der Waals surface area contributed by atoms with Crippen LogP contribution in [0.5, 0.6) is 11.5 Å². The summed E-state index contributed by atoms with van der Waals surface area (Å²) in [5.74, 6) is 1.40.